The maximum Gasteiger partial charge on any atom is 0.329 e. The molecule has 3 aromatic carbocycles. The van der Waals surface area contributed by atoms with Crippen molar-refractivity contribution in [3.63, 3.8) is 0 Å². The Balaban J connectivity index is 1.40. The lowest BCUT2D eigenvalue weighted by Gasteiger charge is -2.11. The highest BCUT2D eigenvalue weighted by Crippen LogP contribution is 2.19. The number of fused-ring (bicyclic) bond motifs is 1. The Kier molecular flexibility index (Phi) is 6.61. The molecular weight excluding hydrogens is 486 g/mol. The monoisotopic (exact) mass is 503 g/mol. The van der Waals surface area contributed by atoms with Gasteiger partial charge < -0.3 is 15.6 Å². The summed E-state index contributed by atoms with van der Waals surface area (Å²) in [6.45, 7) is 0. The van der Waals surface area contributed by atoms with E-state index in [1.165, 1.54) is 12.3 Å². The highest BCUT2D eigenvalue weighted by molar-refractivity contribution is 9.10. The van der Waals surface area contributed by atoms with Gasteiger partial charge in [0.1, 0.15) is 0 Å². The smallest absolute Gasteiger partial charge is 0.329 e. The van der Waals surface area contributed by atoms with E-state index in [1.807, 2.05) is 24.3 Å². The number of hydrazone groups is 1. The van der Waals surface area contributed by atoms with Crippen molar-refractivity contribution in [3.8, 4) is 0 Å². The van der Waals surface area contributed by atoms with E-state index in [2.05, 4.69) is 42.1 Å². The molecule has 0 saturated carbocycles. The summed E-state index contributed by atoms with van der Waals surface area (Å²) in [6.07, 6.45) is 3.20. The average Bonchev–Trinajstić information content (AvgIpc) is 3.24. The molecule has 0 radical (unpaired) electrons. The maximum absolute atomic E-state index is 12.7. The fraction of sp³-hybridized carbons (Fsp3) is 0. The third-order valence-electron chi connectivity index (χ3n) is 4.72. The number of anilines is 2. The van der Waals surface area contributed by atoms with Crippen LogP contribution in [0.2, 0.25) is 0 Å². The molecule has 4 rings (SSSR count). The summed E-state index contributed by atoms with van der Waals surface area (Å²) in [4.78, 5) is 40.3. The van der Waals surface area contributed by atoms with Crippen LogP contribution in [-0.4, -0.2) is 28.9 Å². The maximum atomic E-state index is 12.7. The zero-order valence-corrected chi connectivity index (χ0v) is 18.7. The average molecular weight is 504 g/mol. The summed E-state index contributed by atoms with van der Waals surface area (Å²) in [7, 11) is 0. The van der Waals surface area contributed by atoms with Crippen molar-refractivity contribution in [2.45, 2.75) is 0 Å². The van der Waals surface area contributed by atoms with Crippen LogP contribution in [0.1, 0.15) is 15.9 Å². The molecule has 0 fully saturated rings. The molecule has 0 saturated heterocycles. The summed E-state index contributed by atoms with van der Waals surface area (Å²) in [5.74, 6) is -2.34. The van der Waals surface area contributed by atoms with Crippen molar-refractivity contribution >= 4 is 62.1 Å². The van der Waals surface area contributed by atoms with Gasteiger partial charge in [-0.05, 0) is 42.5 Å². The van der Waals surface area contributed by atoms with Crippen molar-refractivity contribution < 1.29 is 14.4 Å². The van der Waals surface area contributed by atoms with Crippen LogP contribution in [0.4, 0.5) is 11.4 Å². The van der Waals surface area contributed by atoms with E-state index in [4.69, 9.17) is 0 Å². The first-order valence-electron chi connectivity index (χ1n) is 9.88. The topological polar surface area (TPSA) is 115 Å². The van der Waals surface area contributed by atoms with Crippen molar-refractivity contribution in [1.29, 1.82) is 0 Å². The van der Waals surface area contributed by atoms with Crippen LogP contribution >= 0.6 is 15.9 Å². The minimum Gasteiger partial charge on any atom is -0.361 e. The van der Waals surface area contributed by atoms with E-state index < -0.39 is 17.7 Å². The Morgan fingerprint density at radius 2 is 1.58 bits per heavy atom. The largest absolute Gasteiger partial charge is 0.361 e. The Morgan fingerprint density at radius 3 is 2.39 bits per heavy atom. The molecule has 0 spiro atoms. The van der Waals surface area contributed by atoms with E-state index in [0.717, 1.165) is 20.9 Å². The van der Waals surface area contributed by atoms with Gasteiger partial charge >= 0.3 is 11.8 Å². The summed E-state index contributed by atoms with van der Waals surface area (Å²) in [5.41, 5.74) is 4.90. The predicted octanol–water partition coefficient (Wildman–Crippen LogP) is 4.27. The van der Waals surface area contributed by atoms with E-state index in [1.54, 1.807) is 48.7 Å². The Hall–Kier alpha value is -4.24. The van der Waals surface area contributed by atoms with Gasteiger partial charge in [0.05, 0.1) is 17.5 Å². The molecule has 3 amide bonds. The fourth-order valence-corrected chi connectivity index (χ4v) is 3.38. The number of nitrogens with zero attached hydrogens (tertiary/aromatic N) is 1. The molecule has 8 nitrogen and oxygen atoms in total. The molecule has 0 bridgehead atoms. The van der Waals surface area contributed by atoms with Gasteiger partial charge in [-0.25, -0.2) is 5.43 Å². The van der Waals surface area contributed by atoms with Gasteiger partial charge in [0.15, 0.2) is 0 Å². The normalized spacial score (nSPS) is 10.8. The summed E-state index contributed by atoms with van der Waals surface area (Å²) in [6, 6.07) is 21.1. The lowest BCUT2D eigenvalue weighted by molar-refractivity contribution is -0.136. The van der Waals surface area contributed by atoms with E-state index in [0.29, 0.717) is 5.69 Å². The molecule has 1 aromatic heterocycles. The number of H-pyrrole nitrogens is 1. The lowest BCUT2D eigenvalue weighted by Crippen LogP contribution is -2.33. The Morgan fingerprint density at radius 1 is 0.848 bits per heavy atom. The molecule has 0 aliphatic carbocycles. The van der Waals surface area contributed by atoms with Gasteiger partial charge in [-0.1, -0.05) is 46.3 Å². The van der Waals surface area contributed by atoms with Crippen LogP contribution in [0.5, 0.6) is 0 Å². The standard InChI is InChI=1S/C24H18BrN5O3/c25-16-9-11-17(12-10-16)28-22(31)19-6-2-4-8-21(19)29-23(32)24(33)30-27-14-15-13-26-20-7-3-1-5-18(15)20/h1-14,26H,(H,28,31)(H,29,32)(H,30,33). The fourth-order valence-electron chi connectivity index (χ4n) is 3.11. The van der Waals surface area contributed by atoms with Crippen LogP contribution in [0, 0.1) is 0 Å². The van der Waals surface area contributed by atoms with Crippen molar-refractivity contribution in [2.24, 2.45) is 5.10 Å². The van der Waals surface area contributed by atoms with Gasteiger partial charge in [-0.2, -0.15) is 5.10 Å². The molecule has 0 atom stereocenters. The van der Waals surface area contributed by atoms with E-state index >= 15 is 0 Å². The third-order valence-corrected chi connectivity index (χ3v) is 5.25. The number of aromatic amines is 1. The number of carbonyl (C=O) groups is 3. The number of hydrogen-bond donors (Lipinski definition) is 4. The molecule has 0 aliphatic rings. The van der Waals surface area contributed by atoms with Crippen molar-refractivity contribution in [3.05, 3.63) is 94.6 Å². The number of carbonyl (C=O) groups excluding carboxylic acids is 3. The van der Waals surface area contributed by atoms with Gasteiger partial charge in [0.2, 0.25) is 0 Å². The van der Waals surface area contributed by atoms with Crippen molar-refractivity contribution in [2.75, 3.05) is 10.6 Å². The number of benzene rings is 3. The zero-order chi connectivity index (χ0) is 23.2. The molecule has 0 unspecified atom stereocenters. The van der Waals surface area contributed by atoms with Crippen LogP contribution < -0.4 is 16.1 Å². The number of aromatic nitrogens is 1. The first-order chi connectivity index (χ1) is 16.0. The second kappa shape index (κ2) is 9.92. The number of halogens is 1. The highest BCUT2D eigenvalue weighted by atomic mass is 79.9. The molecule has 4 aromatic rings. The number of nitrogens with one attached hydrogen (secondary N) is 4. The van der Waals surface area contributed by atoms with Crippen molar-refractivity contribution in [1.82, 2.24) is 10.4 Å². The van der Waals surface area contributed by atoms with Crippen LogP contribution in [0.25, 0.3) is 10.9 Å². The first kappa shape index (κ1) is 22.0. The second-order valence-corrected chi connectivity index (χ2v) is 7.87. The Labute approximate surface area is 197 Å². The quantitative estimate of drug-likeness (QED) is 0.185. The van der Waals surface area contributed by atoms with Gasteiger partial charge in [-0.3, -0.25) is 14.4 Å². The molecule has 4 N–H and O–H groups in total. The summed E-state index contributed by atoms with van der Waals surface area (Å²) < 4.78 is 0.881. The molecule has 33 heavy (non-hydrogen) atoms. The van der Waals surface area contributed by atoms with Crippen LogP contribution in [0.15, 0.2) is 88.6 Å². The molecule has 164 valence electrons. The third kappa shape index (κ3) is 5.34. The second-order valence-electron chi connectivity index (χ2n) is 6.95. The zero-order valence-electron chi connectivity index (χ0n) is 17.1. The molecule has 0 aliphatic heterocycles. The minimum absolute atomic E-state index is 0.202. The molecule has 1 heterocycles. The number of para-hydroxylation sites is 2. The highest BCUT2D eigenvalue weighted by Gasteiger charge is 2.18. The number of rotatable bonds is 5. The molecule has 9 heteroatoms. The van der Waals surface area contributed by atoms with Crippen LogP contribution in [-0.2, 0) is 9.59 Å². The number of hydrogen-bond acceptors (Lipinski definition) is 4. The first-order valence-corrected chi connectivity index (χ1v) is 10.7. The number of amides is 3. The summed E-state index contributed by atoms with van der Waals surface area (Å²) in [5, 5.41) is 10.0. The van der Waals surface area contributed by atoms with E-state index in [-0.39, 0.29) is 11.3 Å². The predicted molar refractivity (Wildman–Crippen MR) is 131 cm³/mol. The van der Waals surface area contributed by atoms with Crippen LogP contribution in [0.3, 0.4) is 0 Å². The van der Waals surface area contributed by atoms with Gasteiger partial charge in [0.25, 0.3) is 5.91 Å². The molecular formula is C24H18BrN5O3. The van der Waals surface area contributed by atoms with E-state index in [9.17, 15) is 14.4 Å². The Bertz CT molecular complexity index is 1360. The summed E-state index contributed by atoms with van der Waals surface area (Å²) >= 11 is 3.34. The SMILES string of the molecule is O=C(NN=Cc1c[nH]c2ccccc12)C(=O)Nc1ccccc1C(=O)Nc1ccc(Br)cc1. The van der Waals surface area contributed by atoms with Gasteiger partial charge in [0, 0.05) is 32.8 Å². The van der Waals surface area contributed by atoms with Gasteiger partial charge in [-0.15, -0.1) is 0 Å². The minimum atomic E-state index is -0.964. The lowest BCUT2D eigenvalue weighted by atomic mass is 10.1.